The summed E-state index contributed by atoms with van der Waals surface area (Å²) in [6.45, 7) is 3.94. The second kappa shape index (κ2) is 6.70. The first-order valence-corrected chi connectivity index (χ1v) is 6.01. The zero-order chi connectivity index (χ0) is 13.5. The van der Waals surface area contributed by atoms with Crippen LogP contribution in [0.1, 0.15) is 35.7 Å². The second-order valence-corrected chi connectivity index (χ2v) is 4.19. The number of terminal acetylenes is 1. The van der Waals surface area contributed by atoms with Crippen LogP contribution in [0.3, 0.4) is 0 Å². The van der Waals surface area contributed by atoms with Crippen molar-refractivity contribution >= 4 is 5.91 Å². The normalized spacial score (nSPS) is 11.4. The smallest absolute Gasteiger partial charge is 0.255 e. The average Bonchev–Trinajstić information content (AvgIpc) is 2.38. The van der Waals surface area contributed by atoms with Gasteiger partial charge in [0.1, 0.15) is 5.75 Å². The van der Waals surface area contributed by atoms with Crippen molar-refractivity contribution < 1.29 is 9.53 Å². The van der Waals surface area contributed by atoms with Gasteiger partial charge >= 0.3 is 0 Å². The lowest BCUT2D eigenvalue weighted by molar-refractivity contribution is 0.0933. The van der Waals surface area contributed by atoms with E-state index in [1.165, 1.54) is 0 Å². The SMILES string of the molecule is C#CCC(CC)NC(=O)c1cc(C)ccc1OC. The van der Waals surface area contributed by atoms with Gasteiger partial charge in [0.05, 0.1) is 12.7 Å². The monoisotopic (exact) mass is 245 g/mol. The first-order valence-electron chi connectivity index (χ1n) is 6.01. The zero-order valence-electron chi connectivity index (χ0n) is 11.1. The minimum atomic E-state index is -0.141. The molecule has 0 fully saturated rings. The first-order chi connectivity index (χ1) is 8.62. The molecule has 0 aliphatic rings. The third-order valence-electron chi connectivity index (χ3n) is 2.79. The molecule has 0 aliphatic heterocycles. The molecule has 0 saturated heterocycles. The number of carbonyl (C=O) groups excluding carboxylic acids is 1. The predicted octanol–water partition coefficient (Wildman–Crippen LogP) is 2.54. The summed E-state index contributed by atoms with van der Waals surface area (Å²) in [4.78, 5) is 12.2. The molecule has 3 nitrogen and oxygen atoms in total. The summed E-state index contributed by atoms with van der Waals surface area (Å²) in [5.74, 6) is 3.01. The lowest BCUT2D eigenvalue weighted by Gasteiger charge is -2.16. The Labute approximate surface area is 109 Å². The minimum Gasteiger partial charge on any atom is -0.496 e. The van der Waals surface area contributed by atoms with Gasteiger partial charge in [0.15, 0.2) is 0 Å². The largest absolute Gasteiger partial charge is 0.496 e. The van der Waals surface area contributed by atoms with Gasteiger partial charge in [-0.25, -0.2) is 0 Å². The molecule has 18 heavy (non-hydrogen) atoms. The van der Waals surface area contributed by atoms with Gasteiger partial charge in [0, 0.05) is 12.5 Å². The van der Waals surface area contributed by atoms with Gasteiger partial charge in [-0.2, -0.15) is 0 Å². The molecular weight excluding hydrogens is 226 g/mol. The average molecular weight is 245 g/mol. The number of benzene rings is 1. The minimum absolute atomic E-state index is 0.00715. The lowest BCUT2D eigenvalue weighted by Crippen LogP contribution is -2.34. The number of hydrogen-bond donors (Lipinski definition) is 1. The lowest BCUT2D eigenvalue weighted by atomic mass is 10.1. The molecule has 0 aliphatic carbocycles. The molecule has 0 radical (unpaired) electrons. The fourth-order valence-corrected chi connectivity index (χ4v) is 1.70. The Kier molecular flexibility index (Phi) is 5.26. The number of ether oxygens (including phenoxy) is 1. The van der Waals surface area contributed by atoms with Gasteiger partial charge < -0.3 is 10.1 Å². The number of rotatable bonds is 5. The summed E-state index contributed by atoms with van der Waals surface area (Å²) < 4.78 is 5.20. The van der Waals surface area contributed by atoms with Crippen LogP contribution < -0.4 is 10.1 Å². The molecule has 0 saturated carbocycles. The van der Waals surface area contributed by atoms with E-state index in [9.17, 15) is 4.79 Å². The van der Waals surface area contributed by atoms with Crippen LogP contribution >= 0.6 is 0 Å². The molecule has 1 unspecified atom stereocenters. The van der Waals surface area contributed by atoms with E-state index in [2.05, 4.69) is 11.2 Å². The second-order valence-electron chi connectivity index (χ2n) is 4.19. The van der Waals surface area contributed by atoms with Gasteiger partial charge in [0.2, 0.25) is 0 Å². The maximum Gasteiger partial charge on any atom is 0.255 e. The molecule has 0 aromatic heterocycles. The van der Waals surface area contributed by atoms with Crippen molar-refractivity contribution in [3.05, 3.63) is 29.3 Å². The fourth-order valence-electron chi connectivity index (χ4n) is 1.70. The van der Waals surface area contributed by atoms with E-state index in [0.717, 1.165) is 12.0 Å². The summed E-state index contributed by atoms with van der Waals surface area (Å²) in [6.07, 6.45) is 6.62. The molecule has 1 aromatic carbocycles. The van der Waals surface area contributed by atoms with Crippen LogP contribution in [0.4, 0.5) is 0 Å². The van der Waals surface area contributed by atoms with Crippen molar-refractivity contribution in [3.8, 4) is 18.1 Å². The van der Waals surface area contributed by atoms with Crippen LogP contribution in [0.5, 0.6) is 5.75 Å². The Morgan fingerprint density at radius 1 is 1.56 bits per heavy atom. The highest BCUT2D eigenvalue weighted by Crippen LogP contribution is 2.19. The Hall–Kier alpha value is -1.95. The van der Waals surface area contributed by atoms with Crippen molar-refractivity contribution in [2.24, 2.45) is 0 Å². The Balaban J connectivity index is 2.89. The molecule has 1 aromatic rings. The molecular formula is C15H19NO2. The van der Waals surface area contributed by atoms with E-state index in [1.807, 2.05) is 26.0 Å². The van der Waals surface area contributed by atoms with Crippen LogP contribution in [0.15, 0.2) is 18.2 Å². The standard InChI is InChI=1S/C15H19NO2/c1-5-7-12(6-2)16-15(17)13-10-11(3)8-9-14(13)18-4/h1,8-10,12H,6-7H2,2-4H3,(H,16,17). The van der Waals surface area contributed by atoms with Crippen LogP contribution in [0.25, 0.3) is 0 Å². The quantitative estimate of drug-likeness (QED) is 0.810. The van der Waals surface area contributed by atoms with Crippen molar-refractivity contribution in [3.63, 3.8) is 0 Å². The van der Waals surface area contributed by atoms with Gasteiger partial charge in [-0.3, -0.25) is 4.79 Å². The van der Waals surface area contributed by atoms with E-state index < -0.39 is 0 Å². The molecule has 0 spiro atoms. The topological polar surface area (TPSA) is 38.3 Å². The Morgan fingerprint density at radius 3 is 2.83 bits per heavy atom. The summed E-state index contributed by atoms with van der Waals surface area (Å²) in [7, 11) is 1.56. The summed E-state index contributed by atoms with van der Waals surface area (Å²) in [5.41, 5.74) is 1.57. The maximum absolute atomic E-state index is 12.2. The number of hydrogen-bond acceptors (Lipinski definition) is 2. The number of carbonyl (C=O) groups is 1. The Morgan fingerprint density at radius 2 is 2.28 bits per heavy atom. The third kappa shape index (κ3) is 3.53. The molecule has 0 heterocycles. The molecule has 1 amide bonds. The molecule has 3 heteroatoms. The first kappa shape index (κ1) is 14.1. The molecule has 0 bridgehead atoms. The highest BCUT2D eigenvalue weighted by atomic mass is 16.5. The van der Waals surface area contributed by atoms with Gasteiger partial charge in [0.25, 0.3) is 5.91 Å². The van der Waals surface area contributed by atoms with E-state index in [4.69, 9.17) is 11.2 Å². The fraction of sp³-hybridized carbons (Fsp3) is 0.400. The number of nitrogens with one attached hydrogen (secondary N) is 1. The van der Waals surface area contributed by atoms with E-state index in [0.29, 0.717) is 17.7 Å². The molecule has 1 atom stereocenters. The van der Waals surface area contributed by atoms with Crippen LogP contribution in [0.2, 0.25) is 0 Å². The number of amides is 1. The molecule has 1 rings (SSSR count). The summed E-state index contributed by atoms with van der Waals surface area (Å²) in [6, 6.07) is 5.53. The van der Waals surface area contributed by atoms with Crippen molar-refractivity contribution in [1.29, 1.82) is 0 Å². The van der Waals surface area contributed by atoms with Gasteiger partial charge in [-0.15, -0.1) is 12.3 Å². The van der Waals surface area contributed by atoms with E-state index >= 15 is 0 Å². The highest BCUT2D eigenvalue weighted by molar-refractivity contribution is 5.97. The number of methoxy groups -OCH3 is 1. The maximum atomic E-state index is 12.2. The van der Waals surface area contributed by atoms with Crippen molar-refractivity contribution in [2.75, 3.05) is 7.11 Å². The van der Waals surface area contributed by atoms with Crippen molar-refractivity contribution in [2.45, 2.75) is 32.7 Å². The van der Waals surface area contributed by atoms with E-state index in [-0.39, 0.29) is 11.9 Å². The van der Waals surface area contributed by atoms with Gasteiger partial charge in [-0.05, 0) is 25.5 Å². The van der Waals surface area contributed by atoms with E-state index in [1.54, 1.807) is 13.2 Å². The zero-order valence-corrected chi connectivity index (χ0v) is 11.1. The summed E-state index contributed by atoms with van der Waals surface area (Å²) >= 11 is 0. The predicted molar refractivity (Wildman–Crippen MR) is 72.7 cm³/mol. The summed E-state index contributed by atoms with van der Waals surface area (Å²) in [5, 5.41) is 2.92. The third-order valence-corrected chi connectivity index (χ3v) is 2.79. The van der Waals surface area contributed by atoms with Crippen LogP contribution in [-0.4, -0.2) is 19.1 Å². The van der Waals surface area contributed by atoms with Crippen LogP contribution in [0, 0.1) is 19.3 Å². The Bertz CT molecular complexity index is 460. The molecule has 96 valence electrons. The highest BCUT2D eigenvalue weighted by Gasteiger charge is 2.15. The van der Waals surface area contributed by atoms with Crippen molar-refractivity contribution in [1.82, 2.24) is 5.32 Å². The number of aryl methyl sites for hydroxylation is 1. The van der Waals surface area contributed by atoms with Gasteiger partial charge in [-0.1, -0.05) is 18.6 Å². The van der Waals surface area contributed by atoms with Crippen LogP contribution in [-0.2, 0) is 0 Å². The molecule has 1 N–H and O–H groups in total.